The molecule has 0 spiro atoms. The van der Waals surface area contributed by atoms with E-state index >= 15 is 0 Å². The molecule has 0 fully saturated rings. The van der Waals surface area contributed by atoms with E-state index in [9.17, 15) is 8.42 Å². The molecule has 0 aliphatic carbocycles. The zero-order chi connectivity index (χ0) is 12.9. The van der Waals surface area contributed by atoms with E-state index in [1.807, 2.05) is 6.92 Å². The SMILES string of the molecule is C=CCNS(=O)(=O)c1ccc(OCC)c(Cl)c1. The molecule has 1 aromatic rings. The molecule has 1 aromatic carbocycles. The van der Waals surface area contributed by atoms with Gasteiger partial charge in [-0.15, -0.1) is 6.58 Å². The molecule has 0 bridgehead atoms. The van der Waals surface area contributed by atoms with E-state index in [0.29, 0.717) is 12.4 Å². The molecule has 4 nitrogen and oxygen atoms in total. The topological polar surface area (TPSA) is 55.4 Å². The second-order valence-corrected chi connectivity index (χ2v) is 5.34. The van der Waals surface area contributed by atoms with Gasteiger partial charge in [0.05, 0.1) is 16.5 Å². The molecule has 0 saturated heterocycles. The average Bonchev–Trinajstić information content (AvgIpc) is 2.29. The number of halogens is 1. The summed E-state index contributed by atoms with van der Waals surface area (Å²) in [6.07, 6.45) is 1.47. The lowest BCUT2D eigenvalue weighted by Gasteiger charge is -2.08. The Morgan fingerprint density at radius 1 is 1.53 bits per heavy atom. The van der Waals surface area contributed by atoms with Crippen LogP contribution < -0.4 is 9.46 Å². The van der Waals surface area contributed by atoms with Crippen LogP contribution in [-0.4, -0.2) is 21.6 Å². The maximum Gasteiger partial charge on any atom is 0.240 e. The van der Waals surface area contributed by atoms with Gasteiger partial charge in [-0.2, -0.15) is 0 Å². The van der Waals surface area contributed by atoms with Crippen molar-refractivity contribution < 1.29 is 13.2 Å². The first-order chi connectivity index (χ1) is 8.01. The van der Waals surface area contributed by atoms with Crippen LogP contribution in [0.4, 0.5) is 0 Å². The van der Waals surface area contributed by atoms with Crippen LogP contribution in [0.1, 0.15) is 6.92 Å². The van der Waals surface area contributed by atoms with Crippen molar-refractivity contribution in [3.63, 3.8) is 0 Å². The van der Waals surface area contributed by atoms with E-state index in [0.717, 1.165) is 0 Å². The van der Waals surface area contributed by atoms with Gasteiger partial charge < -0.3 is 4.74 Å². The van der Waals surface area contributed by atoms with Gasteiger partial charge in [0.25, 0.3) is 0 Å². The number of nitrogens with one attached hydrogen (secondary N) is 1. The van der Waals surface area contributed by atoms with Gasteiger partial charge in [-0.25, -0.2) is 13.1 Å². The van der Waals surface area contributed by atoms with Crippen molar-refractivity contribution >= 4 is 21.6 Å². The highest BCUT2D eigenvalue weighted by molar-refractivity contribution is 7.89. The second-order valence-electron chi connectivity index (χ2n) is 3.17. The van der Waals surface area contributed by atoms with Crippen LogP contribution in [0.5, 0.6) is 5.75 Å². The lowest BCUT2D eigenvalue weighted by atomic mass is 10.3. The van der Waals surface area contributed by atoms with Crippen LogP contribution in [0.15, 0.2) is 35.7 Å². The van der Waals surface area contributed by atoms with E-state index in [-0.39, 0.29) is 16.5 Å². The molecule has 1 rings (SSSR count). The smallest absolute Gasteiger partial charge is 0.240 e. The standard InChI is InChI=1S/C11H14ClNO3S/c1-3-7-13-17(14,15)9-5-6-11(16-4-2)10(12)8-9/h3,5-6,8,13H,1,4,7H2,2H3. The average molecular weight is 276 g/mol. The maximum absolute atomic E-state index is 11.8. The van der Waals surface area contributed by atoms with Crippen molar-refractivity contribution in [3.05, 3.63) is 35.9 Å². The van der Waals surface area contributed by atoms with Crippen LogP contribution in [-0.2, 0) is 10.0 Å². The summed E-state index contributed by atoms with van der Waals surface area (Å²) >= 11 is 5.91. The third-order valence-electron chi connectivity index (χ3n) is 1.93. The number of hydrogen-bond donors (Lipinski definition) is 1. The first-order valence-electron chi connectivity index (χ1n) is 5.04. The van der Waals surface area contributed by atoms with Gasteiger partial charge >= 0.3 is 0 Å². The summed E-state index contributed by atoms with van der Waals surface area (Å²) in [5, 5.41) is 0.272. The molecular weight excluding hydrogens is 262 g/mol. The van der Waals surface area contributed by atoms with Crippen LogP contribution in [0.2, 0.25) is 5.02 Å². The lowest BCUT2D eigenvalue weighted by molar-refractivity contribution is 0.340. The Labute approximate surface area is 106 Å². The lowest BCUT2D eigenvalue weighted by Crippen LogP contribution is -2.23. The third kappa shape index (κ3) is 3.73. The van der Waals surface area contributed by atoms with Gasteiger partial charge in [0.15, 0.2) is 0 Å². The van der Waals surface area contributed by atoms with Crippen molar-refractivity contribution in [1.29, 1.82) is 0 Å². The van der Waals surface area contributed by atoms with Crippen LogP contribution in [0, 0.1) is 0 Å². The predicted octanol–water partition coefficient (Wildman–Crippen LogP) is 2.20. The predicted molar refractivity (Wildman–Crippen MR) is 68.0 cm³/mol. The molecule has 0 atom stereocenters. The number of ether oxygens (including phenoxy) is 1. The molecule has 0 amide bonds. The van der Waals surface area contributed by atoms with E-state index in [2.05, 4.69) is 11.3 Å². The third-order valence-corrected chi connectivity index (χ3v) is 3.65. The van der Waals surface area contributed by atoms with Crippen molar-refractivity contribution in [2.45, 2.75) is 11.8 Å². The Morgan fingerprint density at radius 3 is 2.76 bits per heavy atom. The highest BCUT2D eigenvalue weighted by Crippen LogP contribution is 2.27. The van der Waals surface area contributed by atoms with E-state index < -0.39 is 10.0 Å². The zero-order valence-electron chi connectivity index (χ0n) is 9.44. The van der Waals surface area contributed by atoms with E-state index in [1.165, 1.54) is 24.3 Å². The highest BCUT2D eigenvalue weighted by atomic mass is 35.5. The largest absolute Gasteiger partial charge is 0.492 e. The number of sulfonamides is 1. The summed E-state index contributed by atoms with van der Waals surface area (Å²) < 4.78 is 31.1. The monoisotopic (exact) mass is 275 g/mol. The van der Waals surface area contributed by atoms with Gasteiger partial charge in [-0.05, 0) is 25.1 Å². The van der Waals surface area contributed by atoms with Gasteiger partial charge in [-0.3, -0.25) is 0 Å². The van der Waals surface area contributed by atoms with E-state index in [1.54, 1.807) is 0 Å². The maximum atomic E-state index is 11.8. The summed E-state index contributed by atoms with van der Waals surface area (Å²) in [4.78, 5) is 0.104. The molecule has 0 unspecified atom stereocenters. The highest BCUT2D eigenvalue weighted by Gasteiger charge is 2.14. The van der Waals surface area contributed by atoms with Crippen molar-refractivity contribution in [1.82, 2.24) is 4.72 Å². The number of hydrogen-bond acceptors (Lipinski definition) is 3. The minimum Gasteiger partial charge on any atom is -0.492 e. The quantitative estimate of drug-likeness (QED) is 0.810. The zero-order valence-corrected chi connectivity index (χ0v) is 11.0. The molecular formula is C11H14ClNO3S. The summed E-state index contributed by atoms with van der Waals surface area (Å²) in [7, 11) is -3.54. The van der Waals surface area contributed by atoms with Crippen molar-refractivity contribution in [3.8, 4) is 5.75 Å². The molecule has 0 radical (unpaired) electrons. The van der Waals surface area contributed by atoms with Crippen molar-refractivity contribution in [2.24, 2.45) is 0 Å². The normalized spacial score (nSPS) is 11.2. The molecule has 0 aromatic heterocycles. The fourth-order valence-corrected chi connectivity index (χ4v) is 2.50. The van der Waals surface area contributed by atoms with Crippen molar-refractivity contribution in [2.75, 3.05) is 13.2 Å². The number of benzene rings is 1. The summed E-state index contributed by atoms with van der Waals surface area (Å²) in [5.41, 5.74) is 0. The fourth-order valence-electron chi connectivity index (χ4n) is 1.17. The van der Waals surface area contributed by atoms with E-state index in [4.69, 9.17) is 16.3 Å². The van der Waals surface area contributed by atoms with Gasteiger partial charge in [0.1, 0.15) is 5.75 Å². The van der Waals surface area contributed by atoms with Crippen LogP contribution in [0.3, 0.4) is 0 Å². The number of rotatable bonds is 6. The minimum atomic E-state index is -3.54. The summed E-state index contributed by atoms with van der Waals surface area (Å²) in [6.45, 7) is 5.91. The summed E-state index contributed by atoms with van der Waals surface area (Å²) in [6, 6.07) is 4.34. The second kappa shape index (κ2) is 6.05. The van der Waals surface area contributed by atoms with Gasteiger partial charge in [0, 0.05) is 6.54 Å². The van der Waals surface area contributed by atoms with Gasteiger partial charge in [-0.1, -0.05) is 17.7 Å². The fraction of sp³-hybridized carbons (Fsp3) is 0.273. The molecule has 94 valence electrons. The summed E-state index contributed by atoms with van der Waals surface area (Å²) in [5.74, 6) is 0.469. The Morgan fingerprint density at radius 2 is 2.24 bits per heavy atom. The minimum absolute atomic E-state index is 0.104. The first-order valence-corrected chi connectivity index (χ1v) is 6.90. The molecule has 0 saturated carbocycles. The molecule has 17 heavy (non-hydrogen) atoms. The van der Waals surface area contributed by atoms with Gasteiger partial charge in [0.2, 0.25) is 10.0 Å². The molecule has 0 heterocycles. The first kappa shape index (κ1) is 14.0. The van der Waals surface area contributed by atoms with Crippen LogP contribution in [0.25, 0.3) is 0 Å². The Kier molecular flexibility index (Phi) is 4.99. The Balaban J connectivity index is 3.00. The molecule has 1 N–H and O–H groups in total. The Bertz CT molecular complexity index is 499. The van der Waals surface area contributed by atoms with Crippen LogP contribution >= 0.6 is 11.6 Å². The molecule has 0 aliphatic heterocycles. The Hall–Kier alpha value is -1.04. The molecule has 6 heteroatoms. The molecule has 0 aliphatic rings.